The number of ether oxygens (including phenoxy) is 2. The van der Waals surface area contributed by atoms with Gasteiger partial charge in [-0.1, -0.05) is 6.07 Å². The van der Waals surface area contributed by atoms with E-state index in [0.29, 0.717) is 38.5 Å². The molecular formula is C19H20FN3O3. The highest BCUT2D eigenvalue weighted by atomic mass is 19.1. The number of carbonyl (C=O) groups excluding carboxylic acids is 1. The Morgan fingerprint density at radius 1 is 1.12 bits per heavy atom. The number of amides is 2. The number of anilines is 2. The molecule has 0 aliphatic carbocycles. The van der Waals surface area contributed by atoms with Gasteiger partial charge in [-0.3, -0.25) is 4.90 Å². The molecule has 0 saturated carbocycles. The van der Waals surface area contributed by atoms with E-state index in [2.05, 4.69) is 10.6 Å². The molecule has 2 aromatic rings. The molecule has 2 aliphatic heterocycles. The van der Waals surface area contributed by atoms with Crippen LogP contribution in [0.2, 0.25) is 0 Å². The summed E-state index contributed by atoms with van der Waals surface area (Å²) >= 11 is 0. The fourth-order valence-electron chi connectivity index (χ4n) is 3.13. The number of carbonyl (C=O) groups is 1. The molecule has 4 rings (SSSR count). The Kier molecular flexibility index (Phi) is 4.51. The molecule has 2 heterocycles. The van der Waals surface area contributed by atoms with E-state index in [1.807, 2.05) is 18.2 Å². The van der Waals surface area contributed by atoms with Crippen LogP contribution >= 0.6 is 0 Å². The minimum Gasteiger partial charge on any atom is -0.486 e. The quantitative estimate of drug-likeness (QED) is 0.864. The minimum atomic E-state index is -0.403. The largest absolute Gasteiger partial charge is 0.486 e. The monoisotopic (exact) mass is 357 g/mol. The van der Waals surface area contributed by atoms with E-state index in [9.17, 15) is 9.18 Å². The third-order valence-electron chi connectivity index (χ3n) is 4.44. The van der Waals surface area contributed by atoms with Gasteiger partial charge in [0.15, 0.2) is 11.5 Å². The van der Waals surface area contributed by atoms with Crippen molar-refractivity contribution in [3.05, 3.63) is 47.8 Å². The zero-order valence-electron chi connectivity index (χ0n) is 14.3. The lowest BCUT2D eigenvalue weighted by molar-refractivity contribution is 0.171. The predicted molar refractivity (Wildman–Crippen MR) is 96.8 cm³/mol. The molecule has 7 heteroatoms. The first-order valence-corrected chi connectivity index (χ1v) is 8.68. The summed E-state index contributed by atoms with van der Waals surface area (Å²) in [7, 11) is 0. The van der Waals surface area contributed by atoms with Gasteiger partial charge in [0.25, 0.3) is 0 Å². The number of urea groups is 1. The van der Waals surface area contributed by atoms with Crippen LogP contribution in [0.4, 0.5) is 20.6 Å². The first kappa shape index (κ1) is 16.5. The Morgan fingerprint density at radius 3 is 2.77 bits per heavy atom. The van der Waals surface area contributed by atoms with E-state index in [1.165, 1.54) is 11.0 Å². The zero-order chi connectivity index (χ0) is 17.9. The Labute approximate surface area is 150 Å². The van der Waals surface area contributed by atoms with Crippen molar-refractivity contribution in [3.8, 4) is 11.5 Å². The van der Waals surface area contributed by atoms with E-state index in [1.54, 1.807) is 12.1 Å². The highest BCUT2D eigenvalue weighted by molar-refractivity contribution is 5.94. The number of rotatable bonds is 5. The first-order chi connectivity index (χ1) is 12.7. The minimum absolute atomic E-state index is 0.266. The second-order valence-corrected chi connectivity index (χ2v) is 6.20. The molecule has 136 valence electrons. The van der Waals surface area contributed by atoms with Crippen molar-refractivity contribution in [3.63, 3.8) is 0 Å². The van der Waals surface area contributed by atoms with Crippen molar-refractivity contribution < 1.29 is 18.7 Å². The predicted octanol–water partition coefficient (Wildman–Crippen LogP) is 2.78. The first-order valence-electron chi connectivity index (χ1n) is 8.68. The third kappa shape index (κ3) is 3.37. The number of nitrogens with zero attached hydrogens (tertiary/aromatic N) is 1. The van der Waals surface area contributed by atoms with Crippen molar-refractivity contribution in [2.75, 3.05) is 43.1 Å². The number of halogens is 1. The van der Waals surface area contributed by atoms with Gasteiger partial charge >= 0.3 is 6.03 Å². The van der Waals surface area contributed by atoms with E-state index in [-0.39, 0.29) is 6.03 Å². The summed E-state index contributed by atoms with van der Waals surface area (Å²) in [5.41, 5.74) is 2.20. The van der Waals surface area contributed by atoms with Gasteiger partial charge in [-0.15, -0.1) is 0 Å². The molecule has 0 unspecified atom stereocenters. The number of benzene rings is 2. The molecule has 2 aromatic carbocycles. The Hall–Kier alpha value is -2.96. The summed E-state index contributed by atoms with van der Waals surface area (Å²) in [5.74, 6) is 1.15. The fraction of sp³-hybridized carbons (Fsp3) is 0.316. The maximum absolute atomic E-state index is 14.1. The van der Waals surface area contributed by atoms with Crippen LogP contribution in [0.5, 0.6) is 11.5 Å². The second-order valence-electron chi connectivity index (χ2n) is 6.20. The van der Waals surface area contributed by atoms with Gasteiger partial charge in [0.05, 0.1) is 5.69 Å². The average Bonchev–Trinajstić information content (AvgIpc) is 3.09. The van der Waals surface area contributed by atoms with Crippen molar-refractivity contribution >= 4 is 17.4 Å². The number of hydrogen-bond donors (Lipinski definition) is 2. The molecule has 2 aliphatic rings. The molecule has 26 heavy (non-hydrogen) atoms. The fourth-order valence-corrected chi connectivity index (χ4v) is 3.13. The van der Waals surface area contributed by atoms with E-state index >= 15 is 0 Å². The lowest BCUT2D eigenvalue weighted by Gasteiger charge is -2.19. The van der Waals surface area contributed by atoms with Gasteiger partial charge in [0.2, 0.25) is 0 Å². The summed E-state index contributed by atoms with van der Waals surface area (Å²) in [6.07, 6.45) is 0.785. The van der Waals surface area contributed by atoms with Gasteiger partial charge < -0.3 is 20.1 Å². The van der Waals surface area contributed by atoms with Gasteiger partial charge in [-0.2, -0.15) is 0 Å². The van der Waals surface area contributed by atoms with Crippen molar-refractivity contribution in [2.45, 2.75) is 6.42 Å². The molecule has 1 fully saturated rings. The maximum Gasteiger partial charge on any atom is 0.322 e. The molecule has 0 atom stereocenters. The van der Waals surface area contributed by atoms with Crippen molar-refractivity contribution in [2.24, 2.45) is 0 Å². The van der Waals surface area contributed by atoms with Crippen LogP contribution in [-0.4, -0.2) is 38.9 Å². The molecule has 0 aromatic heterocycles. The summed E-state index contributed by atoms with van der Waals surface area (Å²) in [5, 5.41) is 5.96. The van der Waals surface area contributed by atoms with Gasteiger partial charge in [0.1, 0.15) is 19.0 Å². The lowest BCUT2D eigenvalue weighted by atomic mass is 10.1. The van der Waals surface area contributed by atoms with Crippen LogP contribution in [0.25, 0.3) is 0 Å². The van der Waals surface area contributed by atoms with E-state index in [4.69, 9.17) is 9.47 Å². The maximum atomic E-state index is 14.1. The Morgan fingerprint density at radius 2 is 1.96 bits per heavy atom. The van der Waals surface area contributed by atoms with Crippen LogP contribution in [0.15, 0.2) is 36.4 Å². The Balaban J connectivity index is 1.40. The summed E-state index contributed by atoms with van der Waals surface area (Å²) in [6.45, 7) is 2.82. The molecule has 0 bridgehead atoms. The summed E-state index contributed by atoms with van der Waals surface area (Å²) in [6, 6.07) is 10.4. The number of fused-ring (bicyclic) bond motifs is 1. The van der Waals surface area contributed by atoms with Crippen molar-refractivity contribution in [1.29, 1.82) is 0 Å². The van der Waals surface area contributed by atoms with Crippen LogP contribution < -0.4 is 25.0 Å². The molecule has 6 nitrogen and oxygen atoms in total. The molecule has 0 radical (unpaired) electrons. The SMILES string of the molecule is O=C1NCCN1c1cc(NCCc2ccc3c(c2)OCCO3)ccc1F. The average molecular weight is 357 g/mol. The number of nitrogens with one attached hydrogen (secondary N) is 2. The van der Waals surface area contributed by atoms with Gasteiger partial charge in [0, 0.05) is 25.3 Å². The summed E-state index contributed by atoms with van der Waals surface area (Å²) < 4.78 is 25.2. The number of hydrogen-bond acceptors (Lipinski definition) is 4. The molecule has 2 N–H and O–H groups in total. The van der Waals surface area contributed by atoms with Crippen LogP contribution in [0.1, 0.15) is 5.56 Å². The molecule has 1 saturated heterocycles. The zero-order valence-corrected chi connectivity index (χ0v) is 14.3. The second kappa shape index (κ2) is 7.11. The van der Waals surface area contributed by atoms with Crippen LogP contribution in [-0.2, 0) is 6.42 Å². The summed E-state index contributed by atoms with van der Waals surface area (Å²) in [4.78, 5) is 13.2. The van der Waals surface area contributed by atoms with Crippen LogP contribution in [0.3, 0.4) is 0 Å². The standard InChI is InChI=1S/C19H20FN3O3/c20-15-3-2-14(12-16(15)23-8-7-22-19(23)24)21-6-5-13-1-4-17-18(11-13)26-10-9-25-17/h1-4,11-12,21H,5-10H2,(H,22,24). The Bertz CT molecular complexity index is 828. The topological polar surface area (TPSA) is 62.8 Å². The van der Waals surface area contributed by atoms with Crippen molar-refractivity contribution in [1.82, 2.24) is 5.32 Å². The van der Waals surface area contributed by atoms with E-state index in [0.717, 1.165) is 29.2 Å². The molecular weight excluding hydrogens is 337 g/mol. The highest BCUT2D eigenvalue weighted by Gasteiger charge is 2.24. The molecule has 0 spiro atoms. The van der Waals surface area contributed by atoms with E-state index < -0.39 is 5.82 Å². The van der Waals surface area contributed by atoms with Gasteiger partial charge in [-0.25, -0.2) is 9.18 Å². The van der Waals surface area contributed by atoms with Gasteiger partial charge in [-0.05, 0) is 42.3 Å². The smallest absolute Gasteiger partial charge is 0.322 e. The lowest BCUT2D eigenvalue weighted by Crippen LogP contribution is -2.28. The highest BCUT2D eigenvalue weighted by Crippen LogP contribution is 2.31. The van der Waals surface area contributed by atoms with Crippen LogP contribution in [0, 0.1) is 5.82 Å². The molecule has 2 amide bonds. The third-order valence-corrected chi connectivity index (χ3v) is 4.44. The normalized spacial score (nSPS) is 15.7.